The number of carbonyl (C=O) groups is 3. The van der Waals surface area contributed by atoms with E-state index in [2.05, 4.69) is 40.8 Å². The maximum atomic E-state index is 12.6. The van der Waals surface area contributed by atoms with Gasteiger partial charge in [0.05, 0.1) is 45.0 Å². The van der Waals surface area contributed by atoms with Crippen molar-refractivity contribution in [1.29, 1.82) is 0 Å². The summed E-state index contributed by atoms with van der Waals surface area (Å²) in [6, 6.07) is 6.82. The Labute approximate surface area is 174 Å². The minimum atomic E-state index is -0.592. The van der Waals surface area contributed by atoms with Gasteiger partial charge in [-0.1, -0.05) is 15.9 Å². The molecular weight excluding hydrogens is 444 g/mol. The lowest BCUT2D eigenvalue weighted by Crippen LogP contribution is -2.19. The number of amides is 1. The summed E-state index contributed by atoms with van der Waals surface area (Å²) in [6.07, 6.45) is 2.88. The van der Waals surface area contributed by atoms with Crippen LogP contribution in [0.3, 0.4) is 0 Å². The van der Waals surface area contributed by atoms with Crippen LogP contribution in [0.4, 0.5) is 5.69 Å². The van der Waals surface area contributed by atoms with Crippen LogP contribution in [0, 0.1) is 0 Å². The number of hydrogen-bond acceptors (Lipinski definition) is 6. The zero-order valence-electron chi connectivity index (χ0n) is 15.8. The number of aromatic nitrogens is 3. The van der Waals surface area contributed by atoms with Crippen LogP contribution >= 0.6 is 15.9 Å². The van der Waals surface area contributed by atoms with Crippen LogP contribution in [0.25, 0.3) is 10.9 Å². The van der Waals surface area contributed by atoms with Gasteiger partial charge in [-0.3, -0.25) is 19.1 Å². The molecule has 1 aromatic carbocycles. The number of halogens is 1. The molecule has 0 bridgehead atoms. The highest BCUT2D eigenvalue weighted by Gasteiger charge is 2.22. The van der Waals surface area contributed by atoms with Gasteiger partial charge in [0.2, 0.25) is 0 Å². The minimum absolute atomic E-state index is 0.0580. The Balaban J connectivity index is 1.75. The molecule has 0 saturated carbocycles. The molecule has 29 heavy (non-hydrogen) atoms. The molecule has 0 atom stereocenters. The summed E-state index contributed by atoms with van der Waals surface area (Å²) in [5.41, 5.74) is 1.66. The smallest absolute Gasteiger partial charge is 0.307 e. The number of nitrogens with zero attached hydrogens (tertiary/aromatic N) is 2. The molecule has 9 nitrogen and oxygen atoms in total. The largest absolute Gasteiger partial charge is 0.469 e. The highest BCUT2D eigenvalue weighted by molar-refractivity contribution is 9.10. The molecule has 2 heterocycles. The van der Waals surface area contributed by atoms with Crippen LogP contribution in [0.2, 0.25) is 0 Å². The number of rotatable bonds is 7. The number of anilines is 1. The van der Waals surface area contributed by atoms with Crippen molar-refractivity contribution in [3.05, 3.63) is 46.8 Å². The molecule has 0 radical (unpaired) electrons. The Hall–Kier alpha value is -3.14. The summed E-state index contributed by atoms with van der Waals surface area (Å²) in [5.74, 6) is -1.30. The first-order valence-corrected chi connectivity index (χ1v) is 9.46. The molecule has 0 aliphatic carbocycles. The number of fused-ring (bicyclic) bond motifs is 1. The quantitative estimate of drug-likeness (QED) is 0.521. The van der Waals surface area contributed by atoms with E-state index in [9.17, 15) is 14.4 Å². The van der Waals surface area contributed by atoms with Crippen molar-refractivity contribution in [3.8, 4) is 0 Å². The van der Waals surface area contributed by atoms with Crippen molar-refractivity contribution < 1.29 is 23.9 Å². The van der Waals surface area contributed by atoms with Gasteiger partial charge in [-0.2, -0.15) is 5.10 Å². The van der Waals surface area contributed by atoms with E-state index in [1.165, 1.54) is 25.1 Å². The van der Waals surface area contributed by atoms with E-state index in [0.717, 1.165) is 15.4 Å². The van der Waals surface area contributed by atoms with Crippen molar-refractivity contribution in [2.24, 2.45) is 0 Å². The number of ether oxygens (including phenoxy) is 2. The average molecular weight is 463 g/mol. The summed E-state index contributed by atoms with van der Waals surface area (Å²) in [5, 5.41) is 7.81. The molecule has 3 rings (SSSR count). The zero-order chi connectivity index (χ0) is 21.0. The number of methoxy groups -OCH3 is 2. The number of carbonyl (C=O) groups excluding carboxylic acids is 3. The van der Waals surface area contributed by atoms with Crippen LogP contribution in [-0.4, -0.2) is 46.8 Å². The lowest BCUT2D eigenvalue weighted by atomic mass is 10.1. The Kier molecular flexibility index (Phi) is 6.32. The molecule has 0 aliphatic rings. The molecule has 0 unspecified atom stereocenters. The molecule has 1 amide bonds. The third-order valence-electron chi connectivity index (χ3n) is 4.32. The second-order valence-corrected chi connectivity index (χ2v) is 7.21. The average Bonchev–Trinajstić information content (AvgIpc) is 3.33. The summed E-state index contributed by atoms with van der Waals surface area (Å²) in [4.78, 5) is 38.9. The monoisotopic (exact) mass is 462 g/mol. The topological polar surface area (TPSA) is 115 Å². The number of nitrogens with one attached hydrogen (secondary N) is 2. The Morgan fingerprint density at radius 3 is 2.52 bits per heavy atom. The Bertz CT molecular complexity index is 1040. The van der Waals surface area contributed by atoms with Crippen LogP contribution in [0.15, 0.2) is 41.1 Å². The van der Waals surface area contributed by atoms with Crippen LogP contribution in [0.1, 0.15) is 29.4 Å². The molecule has 152 valence electrons. The van der Waals surface area contributed by atoms with Crippen molar-refractivity contribution >= 4 is 50.4 Å². The van der Waals surface area contributed by atoms with Gasteiger partial charge in [0.1, 0.15) is 5.69 Å². The fourth-order valence-electron chi connectivity index (χ4n) is 2.84. The molecule has 2 N–H and O–H groups in total. The lowest BCUT2D eigenvalue weighted by Gasteiger charge is -2.15. The first kappa shape index (κ1) is 20.6. The third kappa shape index (κ3) is 5.02. The molecule has 10 heteroatoms. The molecule has 2 aromatic heterocycles. The standard InChI is InChI=1S/C19H19BrN4O5/c1-28-17(25)7-14(8-18(26)29-2)24-10-13(9-21-24)22-19(27)16-6-11-5-12(20)3-4-15(11)23-16/h3-6,9-10,14,23H,7-8H2,1-2H3,(H,22,27). The predicted octanol–water partition coefficient (Wildman–Crippen LogP) is 3.05. The van der Waals surface area contributed by atoms with Gasteiger partial charge in [0, 0.05) is 21.6 Å². The van der Waals surface area contributed by atoms with Gasteiger partial charge in [-0.25, -0.2) is 0 Å². The second kappa shape index (κ2) is 8.91. The number of H-pyrrole nitrogens is 1. The summed E-state index contributed by atoms with van der Waals surface area (Å²) >= 11 is 3.40. The van der Waals surface area contributed by atoms with E-state index in [1.807, 2.05) is 18.2 Å². The van der Waals surface area contributed by atoms with E-state index in [-0.39, 0.29) is 18.7 Å². The van der Waals surface area contributed by atoms with Crippen molar-refractivity contribution in [2.75, 3.05) is 19.5 Å². The molecule has 0 fully saturated rings. The van der Waals surface area contributed by atoms with Crippen molar-refractivity contribution in [1.82, 2.24) is 14.8 Å². The molecule has 0 spiro atoms. The van der Waals surface area contributed by atoms with E-state index in [1.54, 1.807) is 12.3 Å². The third-order valence-corrected chi connectivity index (χ3v) is 4.81. The first-order valence-electron chi connectivity index (χ1n) is 8.67. The van der Waals surface area contributed by atoms with Gasteiger partial charge in [-0.15, -0.1) is 0 Å². The molecule has 0 saturated heterocycles. The molecule has 0 aliphatic heterocycles. The number of benzene rings is 1. The second-order valence-electron chi connectivity index (χ2n) is 6.29. The van der Waals surface area contributed by atoms with Crippen LogP contribution < -0.4 is 5.32 Å². The number of esters is 2. The normalized spacial score (nSPS) is 10.9. The lowest BCUT2D eigenvalue weighted by molar-refractivity contribution is -0.144. The number of hydrogen-bond donors (Lipinski definition) is 2. The maximum absolute atomic E-state index is 12.6. The van der Waals surface area contributed by atoms with E-state index in [0.29, 0.717) is 11.4 Å². The van der Waals surface area contributed by atoms with E-state index >= 15 is 0 Å². The summed E-state index contributed by atoms with van der Waals surface area (Å²) in [7, 11) is 2.54. The SMILES string of the molecule is COC(=O)CC(CC(=O)OC)n1cc(NC(=O)c2cc3cc(Br)ccc3[nH]2)cn1. The summed E-state index contributed by atoms with van der Waals surface area (Å²) in [6.45, 7) is 0. The van der Waals surface area contributed by atoms with Gasteiger partial charge >= 0.3 is 11.9 Å². The predicted molar refractivity (Wildman–Crippen MR) is 108 cm³/mol. The fourth-order valence-corrected chi connectivity index (χ4v) is 3.22. The highest BCUT2D eigenvalue weighted by atomic mass is 79.9. The number of aromatic amines is 1. The molecular formula is C19H19BrN4O5. The highest BCUT2D eigenvalue weighted by Crippen LogP contribution is 2.22. The van der Waals surface area contributed by atoms with E-state index < -0.39 is 18.0 Å². The van der Waals surface area contributed by atoms with Gasteiger partial charge in [0.25, 0.3) is 5.91 Å². The minimum Gasteiger partial charge on any atom is -0.469 e. The Morgan fingerprint density at radius 1 is 1.17 bits per heavy atom. The van der Waals surface area contributed by atoms with Gasteiger partial charge in [-0.05, 0) is 24.3 Å². The van der Waals surface area contributed by atoms with Crippen molar-refractivity contribution in [3.63, 3.8) is 0 Å². The molecule has 3 aromatic rings. The Morgan fingerprint density at radius 2 is 1.86 bits per heavy atom. The maximum Gasteiger partial charge on any atom is 0.307 e. The van der Waals surface area contributed by atoms with Gasteiger partial charge in [0.15, 0.2) is 0 Å². The van der Waals surface area contributed by atoms with E-state index in [4.69, 9.17) is 0 Å². The van der Waals surface area contributed by atoms with Gasteiger partial charge < -0.3 is 19.8 Å². The van der Waals surface area contributed by atoms with Crippen LogP contribution in [0.5, 0.6) is 0 Å². The fraction of sp³-hybridized carbons (Fsp3) is 0.263. The van der Waals surface area contributed by atoms with Crippen LogP contribution in [-0.2, 0) is 19.1 Å². The zero-order valence-corrected chi connectivity index (χ0v) is 17.4. The first-order chi connectivity index (χ1) is 13.9. The van der Waals surface area contributed by atoms with Crippen molar-refractivity contribution in [2.45, 2.75) is 18.9 Å². The summed E-state index contributed by atoms with van der Waals surface area (Å²) < 4.78 is 11.7.